The molecule has 2 atom stereocenters. The summed E-state index contributed by atoms with van der Waals surface area (Å²) in [4.78, 5) is 0. The summed E-state index contributed by atoms with van der Waals surface area (Å²) < 4.78 is 0. The highest BCUT2D eigenvalue weighted by Crippen LogP contribution is 2.24. The summed E-state index contributed by atoms with van der Waals surface area (Å²) in [6.07, 6.45) is 4.26. The Morgan fingerprint density at radius 3 is 2.67 bits per heavy atom. The zero-order valence-corrected chi connectivity index (χ0v) is 6.48. The fourth-order valence-corrected chi connectivity index (χ4v) is 1.71. The lowest BCUT2D eigenvalue weighted by Crippen LogP contribution is -2.30. The number of nitrogens with one attached hydrogen (secondary N) is 1. The van der Waals surface area contributed by atoms with Crippen LogP contribution in [-0.4, -0.2) is 12.6 Å². The van der Waals surface area contributed by atoms with Crippen LogP contribution in [0.2, 0.25) is 0 Å². The van der Waals surface area contributed by atoms with Crippen molar-refractivity contribution in [2.24, 2.45) is 5.92 Å². The molecule has 1 saturated carbocycles. The van der Waals surface area contributed by atoms with Crippen molar-refractivity contribution < 1.29 is 0 Å². The lowest BCUT2D eigenvalue weighted by Gasteiger charge is -2.14. The topological polar surface area (TPSA) is 12.0 Å². The fourth-order valence-electron chi connectivity index (χ4n) is 1.71. The van der Waals surface area contributed by atoms with Gasteiger partial charge in [0.15, 0.2) is 0 Å². The molecule has 0 aromatic heterocycles. The van der Waals surface area contributed by atoms with Crippen LogP contribution in [-0.2, 0) is 0 Å². The molecule has 0 amide bonds. The Hall–Kier alpha value is -0.0400. The smallest absolute Gasteiger partial charge is 0.00925 e. The number of hydrogen-bond acceptors (Lipinski definition) is 1. The van der Waals surface area contributed by atoms with Crippen LogP contribution in [0.4, 0.5) is 0 Å². The van der Waals surface area contributed by atoms with E-state index in [1.807, 2.05) is 0 Å². The maximum Gasteiger partial charge on any atom is 0.00925 e. The Labute approximate surface area is 57.8 Å². The van der Waals surface area contributed by atoms with E-state index in [1.165, 1.54) is 19.3 Å². The molecule has 0 heterocycles. The van der Waals surface area contributed by atoms with Gasteiger partial charge in [-0.3, -0.25) is 0 Å². The summed E-state index contributed by atoms with van der Waals surface area (Å²) in [5.41, 5.74) is 0. The van der Waals surface area contributed by atoms with E-state index in [0.29, 0.717) is 0 Å². The van der Waals surface area contributed by atoms with Crippen LogP contribution in [0.15, 0.2) is 0 Å². The molecule has 0 saturated heterocycles. The first-order chi connectivity index (χ1) is 4.34. The van der Waals surface area contributed by atoms with Gasteiger partial charge in [-0.25, -0.2) is 0 Å². The third-order valence-electron chi connectivity index (χ3n) is 2.33. The van der Waals surface area contributed by atoms with Crippen molar-refractivity contribution in [3.63, 3.8) is 0 Å². The third-order valence-corrected chi connectivity index (χ3v) is 2.33. The summed E-state index contributed by atoms with van der Waals surface area (Å²) in [5, 5.41) is 3.49. The molecule has 0 spiro atoms. The lowest BCUT2D eigenvalue weighted by atomic mass is 10.1. The molecule has 1 fully saturated rings. The van der Waals surface area contributed by atoms with Crippen LogP contribution < -0.4 is 5.32 Å². The molecular formula is C8H17N. The van der Waals surface area contributed by atoms with Crippen LogP contribution in [0.25, 0.3) is 0 Å². The van der Waals surface area contributed by atoms with Crippen molar-refractivity contribution in [2.75, 3.05) is 6.54 Å². The summed E-state index contributed by atoms with van der Waals surface area (Å²) in [5.74, 6) is 0.921. The van der Waals surface area contributed by atoms with E-state index in [9.17, 15) is 0 Å². The van der Waals surface area contributed by atoms with E-state index in [4.69, 9.17) is 0 Å². The molecule has 1 N–H and O–H groups in total. The summed E-state index contributed by atoms with van der Waals surface area (Å²) >= 11 is 0. The van der Waals surface area contributed by atoms with Gasteiger partial charge in [0.05, 0.1) is 0 Å². The van der Waals surface area contributed by atoms with Crippen molar-refractivity contribution in [3.05, 3.63) is 0 Å². The van der Waals surface area contributed by atoms with Gasteiger partial charge in [0.1, 0.15) is 0 Å². The van der Waals surface area contributed by atoms with Crippen LogP contribution in [0, 0.1) is 5.92 Å². The standard InChI is InChI=1S/C8H17N/c1-3-9-8-6-4-5-7(8)2/h7-9H,3-6H2,1-2H3/t7-,8-/m1/s1. The molecule has 1 nitrogen and oxygen atoms in total. The fraction of sp³-hybridized carbons (Fsp3) is 1.00. The maximum absolute atomic E-state index is 3.49. The van der Waals surface area contributed by atoms with E-state index < -0.39 is 0 Å². The second kappa shape index (κ2) is 3.21. The first-order valence-corrected chi connectivity index (χ1v) is 4.08. The molecule has 0 bridgehead atoms. The van der Waals surface area contributed by atoms with Gasteiger partial charge < -0.3 is 5.32 Å². The van der Waals surface area contributed by atoms with Crippen molar-refractivity contribution in [1.29, 1.82) is 0 Å². The van der Waals surface area contributed by atoms with Crippen LogP contribution in [0.5, 0.6) is 0 Å². The zero-order chi connectivity index (χ0) is 6.69. The lowest BCUT2D eigenvalue weighted by molar-refractivity contribution is 0.437. The molecule has 1 aliphatic rings. The minimum atomic E-state index is 0.829. The van der Waals surface area contributed by atoms with Crippen molar-refractivity contribution in [2.45, 2.75) is 39.2 Å². The Balaban J connectivity index is 2.22. The summed E-state index contributed by atoms with van der Waals surface area (Å²) in [7, 11) is 0. The maximum atomic E-state index is 3.49. The second-order valence-corrected chi connectivity index (χ2v) is 3.07. The monoisotopic (exact) mass is 127 g/mol. The molecule has 0 aromatic rings. The first-order valence-electron chi connectivity index (χ1n) is 4.08. The highest BCUT2D eigenvalue weighted by molar-refractivity contribution is 4.79. The Kier molecular flexibility index (Phi) is 2.52. The van der Waals surface area contributed by atoms with Gasteiger partial charge in [0, 0.05) is 6.04 Å². The second-order valence-electron chi connectivity index (χ2n) is 3.07. The van der Waals surface area contributed by atoms with E-state index in [1.54, 1.807) is 0 Å². The number of rotatable bonds is 2. The van der Waals surface area contributed by atoms with E-state index in [-0.39, 0.29) is 0 Å². The van der Waals surface area contributed by atoms with Crippen molar-refractivity contribution >= 4 is 0 Å². The summed E-state index contributed by atoms with van der Waals surface area (Å²) in [6, 6.07) is 0.829. The molecule has 9 heavy (non-hydrogen) atoms. The van der Waals surface area contributed by atoms with Crippen LogP contribution in [0.3, 0.4) is 0 Å². The number of hydrogen-bond donors (Lipinski definition) is 1. The van der Waals surface area contributed by atoms with Gasteiger partial charge in [0.2, 0.25) is 0 Å². The highest BCUT2D eigenvalue weighted by Gasteiger charge is 2.21. The van der Waals surface area contributed by atoms with Crippen LogP contribution in [0.1, 0.15) is 33.1 Å². The van der Waals surface area contributed by atoms with Crippen molar-refractivity contribution in [3.8, 4) is 0 Å². The molecule has 0 aliphatic heterocycles. The Bertz CT molecular complexity index is 80.6. The molecule has 1 heteroatoms. The third kappa shape index (κ3) is 1.68. The van der Waals surface area contributed by atoms with Crippen molar-refractivity contribution in [1.82, 2.24) is 5.32 Å². The zero-order valence-electron chi connectivity index (χ0n) is 6.48. The van der Waals surface area contributed by atoms with Crippen LogP contribution >= 0.6 is 0 Å². The molecule has 0 radical (unpaired) electrons. The van der Waals surface area contributed by atoms with Gasteiger partial charge in [-0.05, 0) is 25.3 Å². The highest BCUT2D eigenvalue weighted by atomic mass is 14.9. The minimum absolute atomic E-state index is 0.829. The van der Waals surface area contributed by atoms with Gasteiger partial charge in [-0.15, -0.1) is 0 Å². The predicted molar refractivity (Wildman–Crippen MR) is 40.5 cm³/mol. The first kappa shape index (κ1) is 7.07. The van der Waals surface area contributed by atoms with Gasteiger partial charge >= 0.3 is 0 Å². The minimum Gasteiger partial charge on any atom is -0.314 e. The van der Waals surface area contributed by atoms with Gasteiger partial charge in [-0.2, -0.15) is 0 Å². The molecular weight excluding hydrogens is 110 g/mol. The average Bonchev–Trinajstić information content (AvgIpc) is 2.18. The molecule has 54 valence electrons. The van der Waals surface area contributed by atoms with E-state index in [0.717, 1.165) is 18.5 Å². The molecule has 0 unspecified atom stereocenters. The Morgan fingerprint density at radius 1 is 1.44 bits per heavy atom. The quantitative estimate of drug-likeness (QED) is 0.596. The van der Waals surface area contributed by atoms with E-state index in [2.05, 4.69) is 19.2 Å². The largest absolute Gasteiger partial charge is 0.314 e. The predicted octanol–water partition coefficient (Wildman–Crippen LogP) is 1.78. The Morgan fingerprint density at radius 2 is 2.22 bits per heavy atom. The SMILES string of the molecule is CCN[C@@H]1CCC[C@H]1C. The van der Waals surface area contributed by atoms with E-state index >= 15 is 0 Å². The molecule has 0 aromatic carbocycles. The summed E-state index contributed by atoms with van der Waals surface area (Å²) in [6.45, 7) is 5.67. The molecule has 1 aliphatic carbocycles. The van der Waals surface area contributed by atoms with Gasteiger partial charge in [-0.1, -0.05) is 20.3 Å². The normalized spacial score (nSPS) is 35.3. The molecule has 1 rings (SSSR count). The average molecular weight is 127 g/mol. The van der Waals surface area contributed by atoms with Gasteiger partial charge in [0.25, 0.3) is 0 Å².